The van der Waals surface area contributed by atoms with Crippen molar-refractivity contribution < 1.29 is 22.5 Å². The number of rotatable bonds is 10. The summed E-state index contributed by atoms with van der Waals surface area (Å²) in [6.45, 7) is 7.68. The number of aryl methyl sites for hydroxylation is 4. The summed E-state index contributed by atoms with van der Waals surface area (Å²) in [6.07, 6.45) is 0. The molecule has 12 aromatic rings. The first kappa shape index (κ1) is 34.4. The van der Waals surface area contributed by atoms with Crippen LogP contribution in [-0.4, -0.2) is 0 Å². The average molecular weight is 943 g/mol. The zero-order chi connectivity index (χ0) is 57.7. The van der Waals surface area contributed by atoms with Gasteiger partial charge in [-0.05, 0) is 153 Å². The third kappa shape index (κ3) is 7.38. The van der Waals surface area contributed by atoms with Crippen molar-refractivity contribution in [3.63, 3.8) is 0 Å². The zero-order valence-electron chi connectivity index (χ0n) is 49.8. The van der Waals surface area contributed by atoms with Crippen LogP contribution in [0.15, 0.2) is 230 Å². The largest absolute Gasteiger partial charge is 0.307 e. The molecule has 0 fully saturated rings. The summed E-state index contributed by atoms with van der Waals surface area (Å²) >= 11 is 0. The normalized spacial score (nSPS) is 13.4. The van der Waals surface area contributed by atoms with Crippen LogP contribution in [0.5, 0.6) is 0 Å². The first-order valence-electron chi connectivity index (χ1n) is 28.7. The monoisotopic (exact) mass is 942 g/mol. The van der Waals surface area contributed by atoms with Crippen LogP contribution in [0.4, 0.5) is 42.9 Å². The standard InChI is InChI=1S/C68H50F2N2/c1-43-19-11-15-27-51(43)55-37-41-61(67(69)65(55)53-29-17-13-21-45(53)3)71(49-23-7-5-8-24-49)59-39-33-47-32-36-58-60(40-34-48-31-35-57(59)63(47)64(48)58)72(50-25-9-6-10-26-50)62-42-38-56(52-28-16-12-20-44(52)2)66(68(62)70)54-30-18-14-22-46(54)4/h5-42H,1-4H3/i5D,6D,7D,8D,9D,10D,23D,24D,25D,26D. The van der Waals surface area contributed by atoms with Gasteiger partial charge in [-0.1, -0.05) is 182 Å². The lowest BCUT2D eigenvalue weighted by atomic mass is 9.88. The topological polar surface area (TPSA) is 6.48 Å². The van der Waals surface area contributed by atoms with Crippen LogP contribution in [0, 0.1) is 39.3 Å². The van der Waals surface area contributed by atoms with Crippen LogP contribution in [0.2, 0.25) is 0 Å². The number of para-hydroxylation sites is 2. The number of hydrogen-bond acceptors (Lipinski definition) is 2. The molecule has 0 unspecified atom stereocenters. The molecule has 12 aromatic carbocycles. The Bertz CT molecular complexity index is 4290. The number of nitrogens with zero attached hydrogens (tertiary/aromatic N) is 2. The van der Waals surface area contributed by atoms with Crippen molar-refractivity contribution >= 4 is 66.4 Å². The molecule has 0 amide bonds. The fraction of sp³-hybridized carbons (Fsp3) is 0.0588. The highest BCUT2D eigenvalue weighted by molar-refractivity contribution is 6.28. The maximum Gasteiger partial charge on any atom is 0.155 e. The van der Waals surface area contributed by atoms with E-state index in [-0.39, 0.29) is 45.3 Å². The first-order valence-corrected chi connectivity index (χ1v) is 23.7. The summed E-state index contributed by atoms with van der Waals surface area (Å²) < 4.78 is 128. The molecular weight excluding hydrogens is 883 g/mol. The predicted molar refractivity (Wildman–Crippen MR) is 300 cm³/mol. The molecule has 0 aromatic heterocycles. The quantitative estimate of drug-likeness (QED) is 0.126. The second-order valence-corrected chi connectivity index (χ2v) is 18.1. The van der Waals surface area contributed by atoms with Gasteiger partial charge in [0.05, 0.1) is 36.5 Å². The summed E-state index contributed by atoms with van der Waals surface area (Å²) in [7, 11) is 0. The van der Waals surface area contributed by atoms with E-state index in [1.54, 1.807) is 36.4 Å². The van der Waals surface area contributed by atoms with E-state index >= 15 is 8.78 Å². The van der Waals surface area contributed by atoms with Crippen molar-refractivity contribution in [1.82, 2.24) is 0 Å². The number of halogens is 2. The van der Waals surface area contributed by atoms with Crippen LogP contribution < -0.4 is 9.80 Å². The van der Waals surface area contributed by atoms with E-state index in [0.29, 0.717) is 54.6 Å². The Kier molecular flexibility index (Phi) is 8.68. The highest BCUT2D eigenvalue weighted by Crippen LogP contribution is 2.51. The molecule has 0 saturated carbocycles. The lowest BCUT2D eigenvalue weighted by Crippen LogP contribution is -2.14. The minimum atomic E-state index is -0.704. The summed E-state index contributed by atoms with van der Waals surface area (Å²) in [4.78, 5) is 2.81. The molecule has 0 spiro atoms. The smallest absolute Gasteiger partial charge is 0.155 e. The van der Waals surface area contributed by atoms with Crippen LogP contribution in [-0.2, 0) is 0 Å². The van der Waals surface area contributed by atoms with Gasteiger partial charge in [0.2, 0.25) is 0 Å². The summed E-state index contributed by atoms with van der Waals surface area (Å²) in [6, 6.07) is 45.5. The zero-order valence-corrected chi connectivity index (χ0v) is 39.8. The third-order valence-corrected chi connectivity index (χ3v) is 13.9. The van der Waals surface area contributed by atoms with E-state index in [1.165, 1.54) is 9.80 Å². The van der Waals surface area contributed by atoms with Gasteiger partial charge in [-0.2, -0.15) is 0 Å². The van der Waals surface area contributed by atoms with Gasteiger partial charge in [0.15, 0.2) is 11.6 Å². The molecular formula is C68H50F2N2. The molecule has 0 heterocycles. The van der Waals surface area contributed by atoms with E-state index in [4.69, 9.17) is 8.22 Å². The predicted octanol–water partition coefficient (Wildman–Crippen LogP) is 19.7. The molecule has 0 saturated heterocycles. The number of anilines is 6. The molecule has 72 heavy (non-hydrogen) atoms. The van der Waals surface area contributed by atoms with Crippen LogP contribution in [0.1, 0.15) is 36.0 Å². The van der Waals surface area contributed by atoms with E-state index in [9.17, 15) is 5.48 Å². The molecule has 12 rings (SSSR count). The summed E-state index contributed by atoms with van der Waals surface area (Å²) in [5, 5.41) is 3.61. The van der Waals surface area contributed by atoms with Gasteiger partial charge in [-0.3, -0.25) is 0 Å². The van der Waals surface area contributed by atoms with Crippen molar-refractivity contribution in [3.8, 4) is 44.5 Å². The van der Waals surface area contributed by atoms with Crippen molar-refractivity contribution in [1.29, 1.82) is 0 Å². The lowest BCUT2D eigenvalue weighted by Gasteiger charge is -2.31. The molecule has 0 N–H and O–H groups in total. The van der Waals surface area contributed by atoms with Crippen molar-refractivity contribution in [2.24, 2.45) is 0 Å². The van der Waals surface area contributed by atoms with Gasteiger partial charge >= 0.3 is 0 Å². The van der Waals surface area contributed by atoms with Crippen LogP contribution in [0.3, 0.4) is 0 Å². The van der Waals surface area contributed by atoms with E-state index < -0.39 is 72.1 Å². The number of hydrogen-bond donors (Lipinski definition) is 0. The Balaban J connectivity index is 1.18. The first-order chi connectivity index (χ1) is 39.4. The Labute approximate surface area is 433 Å². The minimum Gasteiger partial charge on any atom is -0.307 e. The second kappa shape index (κ2) is 18.1. The molecule has 0 atom stereocenters. The fourth-order valence-electron chi connectivity index (χ4n) is 10.5. The molecule has 0 aliphatic carbocycles. The van der Waals surface area contributed by atoms with Gasteiger partial charge in [-0.15, -0.1) is 0 Å². The van der Waals surface area contributed by atoms with E-state index in [0.717, 1.165) is 33.4 Å². The molecule has 4 heteroatoms. The molecule has 0 aliphatic rings. The van der Waals surface area contributed by atoms with Gasteiger partial charge in [0.25, 0.3) is 0 Å². The SMILES string of the molecule is [2H]c1c([2H])c([2H])c(N(c2ccc(-c3ccccc3C)c(-c3ccccc3C)c2F)c2ccc3ccc4c(N(c5ccc(-c6ccccc6C)c(-c6ccccc6C)c5F)c5c([2H])c([2H])c([2H])c([2H])c5[2H])ccc5ccc2c3c54)c([2H])c1[2H]. The number of benzene rings is 12. The third-order valence-electron chi connectivity index (χ3n) is 13.9. The Morgan fingerprint density at radius 2 is 0.639 bits per heavy atom. The molecule has 0 radical (unpaired) electrons. The Morgan fingerprint density at radius 3 is 1.00 bits per heavy atom. The Morgan fingerprint density at radius 1 is 0.319 bits per heavy atom. The van der Waals surface area contributed by atoms with Gasteiger partial charge < -0.3 is 9.80 Å². The molecule has 0 aliphatic heterocycles. The fourth-order valence-corrected chi connectivity index (χ4v) is 10.5. The van der Waals surface area contributed by atoms with Gasteiger partial charge in [0.1, 0.15) is 0 Å². The molecule has 346 valence electrons. The summed E-state index contributed by atoms with van der Waals surface area (Å²) in [5.74, 6) is -1.41. The highest BCUT2D eigenvalue weighted by atomic mass is 19.1. The summed E-state index contributed by atoms with van der Waals surface area (Å²) in [5.41, 5.74) is 7.59. The van der Waals surface area contributed by atoms with Crippen molar-refractivity contribution in [2.45, 2.75) is 27.7 Å². The maximum absolute atomic E-state index is 18.7. The van der Waals surface area contributed by atoms with Crippen LogP contribution in [0.25, 0.3) is 76.8 Å². The van der Waals surface area contributed by atoms with E-state index in [2.05, 4.69) is 0 Å². The highest BCUT2D eigenvalue weighted by Gasteiger charge is 2.28. The van der Waals surface area contributed by atoms with Crippen molar-refractivity contribution in [2.75, 3.05) is 9.80 Å². The van der Waals surface area contributed by atoms with Gasteiger partial charge in [-0.25, -0.2) is 8.78 Å². The maximum atomic E-state index is 18.7. The average Bonchev–Trinajstić information content (AvgIpc) is 1.79. The second-order valence-electron chi connectivity index (χ2n) is 18.1. The minimum absolute atomic E-state index is 0.0914. The van der Waals surface area contributed by atoms with Crippen LogP contribution >= 0.6 is 0 Å². The van der Waals surface area contributed by atoms with E-state index in [1.807, 2.05) is 161 Å². The van der Waals surface area contributed by atoms with Crippen molar-refractivity contribution in [3.05, 3.63) is 264 Å². The molecule has 2 nitrogen and oxygen atoms in total. The lowest BCUT2D eigenvalue weighted by molar-refractivity contribution is 0.632. The van der Waals surface area contributed by atoms with Gasteiger partial charge in [0, 0.05) is 33.3 Å². The molecule has 0 bridgehead atoms. The Hall–Kier alpha value is -8.86.